The van der Waals surface area contributed by atoms with Gasteiger partial charge in [0.2, 0.25) is 5.91 Å². The van der Waals surface area contributed by atoms with Gasteiger partial charge in [0, 0.05) is 24.9 Å². The Bertz CT molecular complexity index is 585. The van der Waals surface area contributed by atoms with Crippen molar-refractivity contribution in [1.82, 2.24) is 20.5 Å². The molecule has 0 aliphatic rings. The van der Waals surface area contributed by atoms with E-state index in [1.807, 2.05) is 31.2 Å². The van der Waals surface area contributed by atoms with Crippen LogP contribution in [0.2, 0.25) is 0 Å². The molecule has 0 saturated heterocycles. The highest BCUT2D eigenvalue weighted by molar-refractivity contribution is 5.92. The van der Waals surface area contributed by atoms with Crippen molar-refractivity contribution in [3.8, 4) is 11.4 Å². The first-order valence-corrected chi connectivity index (χ1v) is 6.68. The zero-order chi connectivity index (χ0) is 15.1. The number of nitrogens with zero attached hydrogens (tertiary/aromatic N) is 2. The third kappa shape index (κ3) is 5.44. The summed E-state index contributed by atoms with van der Waals surface area (Å²) in [5.74, 6) is 1.32. The first-order valence-electron chi connectivity index (χ1n) is 6.68. The van der Waals surface area contributed by atoms with Gasteiger partial charge in [-0.2, -0.15) is 5.10 Å². The van der Waals surface area contributed by atoms with Crippen molar-refractivity contribution in [3.63, 3.8) is 0 Å². The summed E-state index contributed by atoms with van der Waals surface area (Å²) in [4.78, 5) is 15.9. The topological polar surface area (TPSA) is 91.9 Å². The largest absolute Gasteiger partial charge is 0.383 e. The first-order chi connectivity index (χ1) is 10.2. The lowest BCUT2D eigenvalue weighted by Crippen LogP contribution is -2.30. The van der Waals surface area contributed by atoms with E-state index in [4.69, 9.17) is 4.74 Å². The molecule has 0 radical (unpaired) electrons. The second kappa shape index (κ2) is 9.14. The van der Waals surface area contributed by atoms with Crippen LogP contribution in [0.25, 0.3) is 11.4 Å². The van der Waals surface area contributed by atoms with Crippen LogP contribution >= 0.6 is 12.4 Å². The van der Waals surface area contributed by atoms with E-state index in [-0.39, 0.29) is 24.9 Å². The Kier molecular flexibility index (Phi) is 7.51. The molecule has 0 spiro atoms. The minimum Gasteiger partial charge on any atom is -0.383 e. The average molecular weight is 326 g/mol. The monoisotopic (exact) mass is 325 g/mol. The molecule has 0 fully saturated rings. The molecule has 22 heavy (non-hydrogen) atoms. The third-order valence-corrected chi connectivity index (χ3v) is 2.79. The number of hydrogen-bond acceptors (Lipinski definition) is 5. The van der Waals surface area contributed by atoms with Crippen LogP contribution in [-0.2, 0) is 9.53 Å². The van der Waals surface area contributed by atoms with Crippen LogP contribution < -0.4 is 10.6 Å². The molecule has 0 aliphatic carbocycles. The zero-order valence-electron chi connectivity index (χ0n) is 12.5. The number of ether oxygens (including phenoxy) is 1. The summed E-state index contributed by atoms with van der Waals surface area (Å²) >= 11 is 0. The van der Waals surface area contributed by atoms with Gasteiger partial charge >= 0.3 is 0 Å². The van der Waals surface area contributed by atoms with Crippen molar-refractivity contribution in [2.24, 2.45) is 0 Å². The molecule has 0 atom stereocenters. The molecule has 0 saturated carbocycles. The Balaban J connectivity index is 0.00000242. The molecule has 120 valence electrons. The van der Waals surface area contributed by atoms with Gasteiger partial charge in [0.1, 0.15) is 5.82 Å². The molecule has 2 rings (SSSR count). The van der Waals surface area contributed by atoms with Crippen molar-refractivity contribution in [3.05, 3.63) is 30.1 Å². The maximum absolute atomic E-state index is 11.7. The zero-order valence-corrected chi connectivity index (χ0v) is 13.4. The molecule has 1 heterocycles. The summed E-state index contributed by atoms with van der Waals surface area (Å²) < 4.78 is 4.89. The molecule has 1 amide bonds. The number of rotatable bonds is 7. The van der Waals surface area contributed by atoms with Gasteiger partial charge in [0.15, 0.2) is 5.82 Å². The number of anilines is 1. The highest BCUT2D eigenvalue weighted by Gasteiger charge is 2.05. The van der Waals surface area contributed by atoms with E-state index in [2.05, 4.69) is 25.8 Å². The number of methoxy groups -OCH3 is 1. The van der Waals surface area contributed by atoms with E-state index in [0.29, 0.717) is 19.0 Å². The Morgan fingerprint density at radius 3 is 2.64 bits per heavy atom. The van der Waals surface area contributed by atoms with Crippen LogP contribution in [0.1, 0.15) is 5.82 Å². The third-order valence-electron chi connectivity index (χ3n) is 2.79. The smallest absolute Gasteiger partial charge is 0.238 e. The van der Waals surface area contributed by atoms with Gasteiger partial charge in [-0.3, -0.25) is 9.89 Å². The predicted molar refractivity (Wildman–Crippen MR) is 87.2 cm³/mol. The van der Waals surface area contributed by atoms with Crippen molar-refractivity contribution >= 4 is 24.0 Å². The molecular weight excluding hydrogens is 306 g/mol. The number of aromatic amines is 1. The normalized spacial score (nSPS) is 10.1. The number of aryl methyl sites for hydroxylation is 1. The first kappa shape index (κ1) is 18.1. The van der Waals surface area contributed by atoms with Crippen LogP contribution in [0.5, 0.6) is 0 Å². The van der Waals surface area contributed by atoms with Crippen molar-refractivity contribution in [2.75, 3.05) is 32.1 Å². The number of carbonyl (C=O) groups excluding carboxylic acids is 1. The van der Waals surface area contributed by atoms with Gasteiger partial charge < -0.3 is 15.4 Å². The maximum Gasteiger partial charge on any atom is 0.238 e. The number of halogens is 1. The quantitative estimate of drug-likeness (QED) is 0.669. The fourth-order valence-corrected chi connectivity index (χ4v) is 1.76. The lowest BCUT2D eigenvalue weighted by Gasteiger charge is -2.06. The maximum atomic E-state index is 11.7. The van der Waals surface area contributed by atoms with Gasteiger partial charge in [-0.1, -0.05) is 0 Å². The van der Waals surface area contributed by atoms with Gasteiger partial charge in [-0.25, -0.2) is 4.98 Å². The SMILES string of the molecule is COCCNCC(=O)Nc1ccc(-c2n[nH]c(C)n2)cc1.Cl. The second-order valence-electron chi connectivity index (χ2n) is 4.54. The Labute approximate surface area is 135 Å². The fraction of sp³-hybridized carbons (Fsp3) is 0.357. The summed E-state index contributed by atoms with van der Waals surface area (Å²) in [6.07, 6.45) is 0. The van der Waals surface area contributed by atoms with E-state index in [1.54, 1.807) is 7.11 Å². The lowest BCUT2D eigenvalue weighted by molar-refractivity contribution is -0.115. The lowest BCUT2D eigenvalue weighted by atomic mass is 10.2. The summed E-state index contributed by atoms with van der Waals surface area (Å²) in [5, 5.41) is 12.7. The van der Waals surface area contributed by atoms with Gasteiger partial charge in [0.25, 0.3) is 0 Å². The van der Waals surface area contributed by atoms with Crippen LogP contribution in [0.3, 0.4) is 0 Å². The second-order valence-corrected chi connectivity index (χ2v) is 4.54. The Morgan fingerprint density at radius 2 is 2.05 bits per heavy atom. The highest BCUT2D eigenvalue weighted by atomic mass is 35.5. The molecule has 0 unspecified atom stereocenters. The molecule has 7 nitrogen and oxygen atoms in total. The number of nitrogens with one attached hydrogen (secondary N) is 3. The van der Waals surface area contributed by atoms with Gasteiger partial charge in [-0.05, 0) is 31.2 Å². The van der Waals surface area contributed by atoms with Crippen molar-refractivity contribution in [1.29, 1.82) is 0 Å². The minimum atomic E-state index is -0.0902. The van der Waals surface area contributed by atoms with E-state index < -0.39 is 0 Å². The number of benzene rings is 1. The minimum absolute atomic E-state index is 0. The van der Waals surface area contributed by atoms with Crippen LogP contribution in [0.4, 0.5) is 5.69 Å². The van der Waals surface area contributed by atoms with E-state index in [1.165, 1.54) is 0 Å². The number of aromatic nitrogens is 3. The summed E-state index contributed by atoms with van der Waals surface area (Å²) in [5.41, 5.74) is 1.64. The summed E-state index contributed by atoms with van der Waals surface area (Å²) in [6, 6.07) is 7.40. The van der Waals surface area contributed by atoms with E-state index in [0.717, 1.165) is 17.1 Å². The summed E-state index contributed by atoms with van der Waals surface area (Å²) in [6.45, 7) is 3.33. The van der Waals surface area contributed by atoms with E-state index in [9.17, 15) is 4.79 Å². The summed E-state index contributed by atoms with van der Waals surface area (Å²) in [7, 11) is 1.62. The molecule has 1 aromatic heterocycles. The molecule has 8 heteroatoms. The van der Waals surface area contributed by atoms with Gasteiger partial charge in [0.05, 0.1) is 13.2 Å². The molecule has 1 aromatic carbocycles. The van der Waals surface area contributed by atoms with Crippen molar-refractivity contribution < 1.29 is 9.53 Å². The average Bonchev–Trinajstić information content (AvgIpc) is 2.91. The molecule has 0 bridgehead atoms. The van der Waals surface area contributed by atoms with Crippen LogP contribution in [-0.4, -0.2) is 47.9 Å². The molecular formula is C14H20ClN5O2. The number of amides is 1. The van der Waals surface area contributed by atoms with Crippen molar-refractivity contribution in [2.45, 2.75) is 6.92 Å². The Morgan fingerprint density at radius 1 is 1.32 bits per heavy atom. The Hall–Kier alpha value is -1.96. The van der Waals surface area contributed by atoms with Crippen LogP contribution in [0.15, 0.2) is 24.3 Å². The number of hydrogen-bond donors (Lipinski definition) is 3. The molecule has 2 aromatic rings. The van der Waals surface area contributed by atoms with E-state index >= 15 is 0 Å². The fourth-order valence-electron chi connectivity index (χ4n) is 1.76. The van der Waals surface area contributed by atoms with Gasteiger partial charge in [-0.15, -0.1) is 12.4 Å². The predicted octanol–water partition coefficient (Wildman–Crippen LogP) is 1.38. The van der Waals surface area contributed by atoms with Crippen LogP contribution in [0, 0.1) is 6.92 Å². The number of carbonyl (C=O) groups is 1. The number of H-pyrrole nitrogens is 1. The molecule has 0 aliphatic heterocycles. The standard InChI is InChI=1S/C14H19N5O2.ClH/c1-10-16-14(19-18-10)11-3-5-12(6-4-11)17-13(20)9-15-7-8-21-2;/h3-6,15H,7-9H2,1-2H3,(H,17,20)(H,16,18,19);1H. The molecule has 3 N–H and O–H groups in total. The highest BCUT2D eigenvalue weighted by Crippen LogP contribution is 2.17.